The Morgan fingerprint density at radius 1 is 1.50 bits per heavy atom. The standard InChI is InChI=1S/C9H8ClFO/c10-9-6-8(11)4-3-7(9)2-1-5-12/h1-4,6,12H,5H2/b2-1+. The van der Waals surface area contributed by atoms with E-state index in [1.807, 2.05) is 0 Å². The molecule has 0 heterocycles. The molecule has 0 radical (unpaired) electrons. The number of aliphatic hydroxyl groups is 1. The van der Waals surface area contributed by atoms with Gasteiger partial charge in [-0.05, 0) is 17.7 Å². The lowest BCUT2D eigenvalue weighted by atomic mass is 10.2. The summed E-state index contributed by atoms with van der Waals surface area (Å²) in [6.07, 6.45) is 3.18. The first-order valence-corrected chi connectivity index (χ1v) is 3.84. The van der Waals surface area contributed by atoms with E-state index < -0.39 is 0 Å². The van der Waals surface area contributed by atoms with E-state index in [4.69, 9.17) is 16.7 Å². The molecule has 1 nitrogen and oxygen atoms in total. The van der Waals surface area contributed by atoms with Crippen molar-refractivity contribution in [2.45, 2.75) is 0 Å². The molecule has 12 heavy (non-hydrogen) atoms. The van der Waals surface area contributed by atoms with Crippen LogP contribution in [0.1, 0.15) is 5.56 Å². The summed E-state index contributed by atoms with van der Waals surface area (Å²) in [5, 5.41) is 8.82. The smallest absolute Gasteiger partial charge is 0.124 e. The number of halogens is 2. The minimum atomic E-state index is -0.360. The summed E-state index contributed by atoms with van der Waals surface area (Å²) in [6, 6.07) is 4.12. The molecular formula is C9H8ClFO. The SMILES string of the molecule is OC/C=C/c1ccc(F)cc1Cl. The largest absolute Gasteiger partial charge is 0.392 e. The Bertz CT molecular complexity index is 297. The van der Waals surface area contributed by atoms with Crippen molar-refractivity contribution in [3.63, 3.8) is 0 Å². The van der Waals surface area contributed by atoms with Crippen molar-refractivity contribution in [1.29, 1.82) is 0 Å². The lowest BCUT2D eigenvalue weighted by Gasteiger charge is -1.96. The van der Waals surface area contributed by atoms with Crippen molar-refractivity contribution in [1.82, 2.24) is 0 Å². The number of hydrogen-bond donors (Lipinski definition) is 1. The predicted molar refractivity (Wildman–Crippen MR) is 47.5 cm³/mol. The summed E-state index contributed by atoms with van der Waals surface area (Å²) in [5.74, 6) is -0.360. The van der Waals surface area contributed by atoms with Crippen LogP contribution in [0.2, 0.25) is 5.02 Å². The van der Waals surface area contributed by atoms with E-state index in [-0.39, 0.29) is 12.4 Å². The minimum Gasteiger partial charge on any atom is -0.392 e. The molecule has 1 aromatic rings. The van der Waals surface area contributed by atoms with Gasteiger partial charge in [0, 0.05) is 0 Å². The average Bonchev–Trinajstić information content (AvgIpc) is 2.03. The summed E-state index contributed by atoms with van der Waals surface area (Å²) in [4.78, 5) is 0. The van der Waals surface area contributed by atoms with E-state index in [1.165, 1.54) is 12.1 Å². The second kappa shape index (κ2) is 4.24. The highest BCUT2D eigenvalue weighted by atomic mass is 35.5. The van der Waals surface area contributed by atoms with Crippen molar-refractivity contribution in [3.8, 4) is 0 Å². The Morgan fingerprint density at radius 3 is 2.83 bits per heavy atom. The van der Waals surface area contributed by atoms with Crippen LogP contribution in [-0.2, 0) is 0 Å². The maximum absolute atomic E-state index is 12.5. The molecule has 3 heteroatoms. The van der Waals surface area contributed by atoms with Gasteiger partial charge in [-0.2, -0.15) is 0 Å². The third kappa shape index (κ3) is 2.32. The molecule has 0 fully saturated rings. The lowest BCUT2D eigenvalue weighted by molar-refractivity contribution is 0.343. The van der Waals surface area contributed by atoms with Crippen molar-refractivity contribution in [2.24, 2.45) is 0 Å². The van der Waals surface area contributed by atoms with Crippen LogP contribution in [0.5, 0.6) is 0 Å². The number of aliphatic hydroxyl groups excluding tert-OH is 1. The Morgan fingerprint density at radius 2 is 2.25 bits per heavy atom. The molecule has 0 aromatic heterocycles. The molecule has 0 saturated carbocycles. The van der Waals surface area contributed by atoms with E-state index in [2.05, 4.69) is 0 Å². The Balaban J connectivity index is 2.94. The van der Waals surface area contributed by atoms with Crippen LogP contribution < -0.4 is 0 Å². The van der Waals surface area contributed by atoms with Crippen LogP contribution in [0.25, 0.3) is 6.08 Å². The Labute approximate surface area is 75.1 Å². The maximum Gasteiger partial charge on any atom is 0.124 e. The lowest BCUT2D eigenvalue weighted by Crippen LogP contribution is -1.79. The molecular weight excluding hydrogens is 179 g/mol. The summed E-state index contributed by atoms with van der Waals surface area (Å²) < 4.78 is 12.5. The van der Waals surface area contributed by atoms with Crippen LogP contribution >= 0.6 is 11.6 Å². The molecule has 0 aliphatic heterocycles. The van der Waals surface area contributed by atoms with Gasteiger partial charge in [-0.1, -0.05) is 29.8 Å². The van der Waals surface area contributed by atoms with Gasteiger partial charge in [0.1, 0.15) is 5.82 Å². The maximum atomic E-state index is 12.5. The van der Waals surface area contributed by atoms with Crippen molar-refractivity contribution < 1.29 is 9.50 Å². The minimum absolute atomic E-state index is 0.0479. The Hall–Kier alpha value is -0.860. The van der Waals surface area contributed by atoms with Crippen molar-refractivity contribution in [3.05, 3.63) is 40.7 Å². The van der Waals surface area contributed by atoms with Gasteiger partial charge in [0.25, 0.3) is 0 Å². The highest BCUT2D eigenvalue weighted by molar-refractivity contribution is 6.32. The fourth-order valence-electron chi connectivity index (χ4n) is 0.816. The van der Waals surface area contributed by atoms with Gasteiger partial charge < -0.3 is 5.11 Å². The van der Waals surface area contributed by atoms with Gasteiger partial charge in [-0.3, -0.25) is 0 Å². The van der Waals surface area contributed by atoms with Crippen molar-refractivity contribution >= 4 is 17.7 Å². The quantitative estimate of drug-likeness (QED) is 0.753. The highest BCUT2D eigenvalue weighted by Crippen LogP contribution is 2.18. The van der Waals surface area contributed by atoms with Gasteiger partial charge in [0.15, 0.2) is 0 Å². The fourth-order valence-corrected chi connectivity index (χ4v) is 1.05. The second-order valence-electron chi connectivity index (χ2n) is 2.25. The predicted octanol–water partition coefficient (Wildman–Crippen LogP) is 2.48. The van der Waals surface area contributed by atoms with E-state index in [0.29, 0.717) is 10.6 Å². The molecule has 1 rings (SSSR count). The van der Waals surface area contributed by atoms with Gasteiger partial charge in [0.05, 0.1) is 11.6 Å². The first kappa shape index (κ1) is 9.23. The molecule has 0 saturated heterocycles. The average molecular weight is 187 g/mol. The zero-order valence-corrected chi connectivity index (χ0v) is 7.05. The molecule has 0 spiro atoms. The van der Waals surface area contributed by atoms with Gasteiger partial charge >= 0.3 is 0 Å². The summed E-state index contributed by atoms with van der Waals surface area (Å²) in [7, 11) is 0. The topological polar surface area (TPSA) is 20.2 Å². The van der Waals surface area contributed by atoms with Gasteiger partial charge in [-0.15, -0.1) is 0 Å². The molecule has 0 bridgehead atoms. The molecule has 0 aliphatic carbocycles. The van der Waals surface area contributed by atoms with E-state index in [1.54, 1.807) is 18.2 Å². The highest BCUT2D eigenvalue weighted by Gasteiger charge is 1.96. The van der Waals surface area contributed by atoms with Crippen LogP contribution in [0.15, 0.2) is 24.3 Å². The fraction of sp³-hybridized carbons (Fsp3) is 0.111. The van der Waals surface area contributed by atoms with Crippen LogP contribution in [0, 0.1) is 5.82 Å². The summed E-state index contributed by atoms with van der Waals surface area (Å²) in [6.45, 7) is -0.0479. The van der Waals surface area contributed by atoms with Crippen LogP contribution in [-0.4, -0.2) is 11.7 Å². The number of rotatable bonds is 2. The zero-order valence-electron chi connectivity index (χ0n) is 6.30. The van der Waals surface area contributed by atoms with Gasteiger partial charge in [0.2, 0.25) is 0 Å². The molecule has 0 amide bonds. The summed E-state index contributed by atoms with van der Waals surface area (Å²) in [5.41, 5.74) is 0.701. The monoisotopic (exact) mass is 186 g/mol. The molecule has 0 aliphatic rings. The molecule has 0 unspecified atom stereocenters. The Kier molecular flexibility index (Phi) is 3.26. The third-order valence-corrected chi connectivity index (χ3v) is 1.69. The first-order valence-electron chi connectivity index (χ1n) is 3.46. The number of hydrogen-bond acceptors (Lipinski definition) is 1. The first-order chi connectivity index (χ1) is 5.74. The molecule has 1 aromatic carbocycles. The van der Waals surface area contributed by atoms with Crippen LogP contribution in [0.3, 0.4) is 0 Å². The van der Waals surface area contributed by atoms with Crippen molar-refractivity contribution in [2.75, 3.05) is 6.61 Å². The number of benzene rings is 1. The normalized spacial score (nSPS) is 10.9. The zero-order chi connectivity index (χ0) is 8.97. The second-order valence-corrected chi connectivity index (χ2v) is 2.66. The van der Waals surface area contributed by atoms with Gasteiger partial charge in [-0.25, -0.2) is 4.39 Å². The van der Waals surface area contributed by atoms with Crippen LogP contribution in [0.4, 0.5) is 4.39 Å². The van der Waals surface area contributed by atoms with E-state index in [0.717, 1.165) is 0 Å². The third-order valence-electron chi connectivity index (χ3n) is 1.37. The molecule has 0 atom stereocenters. The van der Waals surface area contributed by atoms with E-state index in [9.17, 15) is 4.39 Å². The molecule has 1 N–H and O–H groups in total. The summed E-state index contributed by atoms with van der Waals surface area (Å²) >= 11 is 5.69. The van der Waals surface area contributed by atoms with E-state index >= 15 is 0 Å². The molecule has 64 valence electrons.